The molecule has 0 radical (unpaired) electrons. The van der Waals surface area contributed by atoms with Crippen LogP contribution in [0.4, 0.5) is 17.1 Å². The van der Waals surface area contributed by atoms with E-state index in [0.717, 1.165) is 6.42 Å². The zero-order chi connectivity index (χ0) is 18.2. The van der Waals surface area contributed by atoms with E-state index >= 15 is 0 Å². The number of nitrogens with zero attached hydrogens (tertiary/aromatic N) is 1. The first-order chi connectivity index (χ1) is 13.3. The van der Waals surface area contributed by atoms with Gasteiger partial charge in [0.1, 0.15) is 0 Å². The van der Waals surface area contributed by atoms with E-state index in [-0.39, 0.29) is 0 Å². The molecule has 1 aliphatic carbocycles. The Morgan fingerprint density at radius 1 is 0.630 bits per heavy atom. The molecule has 4 aromatic rings. The molecule has 130 valence electrons. The summed E-state index contributed by atoms with van der Waals surface area (Å²) < 4.78 is 0. The summed E-state index contributed by atoms with van der Waals surface area (Å²) in [5, 5.41) is 0. The van der Waals surface area contributed by atoms with E-state index in [2.05, 4.69) is 109 Å². The maximum atomic E-state index is 2.38. The van der Waals surface area contributed by atoms with Crippen LogP contribution in [0.15, 0.2) is 97.1 Å². The summed E-state index contributed by atoms with van der Waals surface area (Å²) in [6, 6.07) is 34.6. The topological polar surface area (TPSA) is 3.24 Å². The van der Waals surface area contributed by atoms with Gasteiger partial charge < -0.3 is 4.90 Å². The lowest BCUT2D eigenvalue weighted by molar-refractivity contribution is 1.19. The molecule has 1 aliphatic rings. The molecule has 0 aliphatic heterocycles. The molecular weight excluding hydrogens is 326 g/mol. The molecule has 1 heteroatoms. The number of anilines is 3. The van der Waals surface area contributed by atoms with E-state index < -0.39 is 0 Å². The standard InChI is InChI=1S/C26H21N/c1-19-16-17-25(24-18-20-10-8-9-15-23(20)26(19)24)27(21-11-4-2-5-12-21)22-13-6-3-7-14-22/h2-17H,18H2,1H3. The van der Waals surface area contributed by atoms with Crippen LogP contribution in [-0.2, 0) is 6.42 Å². The second-order valence-corrected chi connectivity index (χ2v) is 7.10. The van der Waals surface area contributed by atoms with Gasteiger partial charge in [-0.05, 0) is 65.1 Å². The van der Waals surface area contributed by atoms with Gasteiger partial charge in [0, 0.05) is 17.8 Å². The Labute approximate surface area is 160 Å². The molecule has 0 atom stereocenters. The third-order valence-corrected chi connectivity index (χ3v) is 5.42. The molecule has 0 amide bonds. The molecule has 1 nitrogen and oxygen atoms in total. The molecule has 27 heavy (non-hydrogen) atoms. The minimum Gasteiger partial charge on any atom is -0.310 e. The Morgan fingerprint density at radius 3 is 1.89 bits per heavy atom. The monoisotopic (exact) mass is 347 g/mol. The first kappa shape index (κ1) is 15.9. The molecule has 0 unspecified atom stereocenters. The summed E-state index contributed by atoms with van der Waals surface area (Å²) in [6.07, 6.45) is 0.985. The van der Waals surface area contributed by atoms with Crippen molar-refractivity contribution in [3.05, 3.63) is 114 Å². The van der Waals surface area contributed by atoms with Gasteiger partial charge >= 0.3 is 0 Å². The molecule has 0 saturated carbocycles. The lowest BCUT2D eigenvalue weighted by atomic mass is 9.98. The minimum absolute atomic E-state index is 0.985. The Kier molecular flexibility index (Phi) is 3.79. The highest BCUT2D eigenvalue weighted by Gasteiger charge is 2.26. The van der Waals surface area contributed by atoms with Crippen molar-refractivity contribution in [3.8, 4) is 11.1 Å². The predicted molar refractivity (Wildman–Crippen MR) is 114 cm³/mol. The van der Waals surface area contributed by atoms with Crippen molar-refractivity contribution in [3.63, 3.8) is 0 Å². The number of para-hydroxylation sites is 2. The SMILES string of the molecule is Cc1ccc(N(c2ccccc2)c2ccccc2)c2c1-c1ccccc1C2. The molecular formula is C26H21N. The van der Waals surface area contributed by atoms with Gasteiger partial charge in [0.2, 0.25) is 0 Å². The van der Waals surface area contributed by atoms with E-state index in [0.29, 0.717) is 0 Å². The number of hydrogen-bond acceptors (Lipinski definition) is 1. The highest BCUT2D eigenvalue weighted by molar-refractivity contribution is 5.89. The lowest BCUT2D eigenvalue weighted by Crippen LogP contribution is -2.12. The molecule has 0 bridgehead atoms. The van der Waals surface area contributed by atoms with Crippen molar-refractivity contribution < 1.29 is 0 Å². The largest absolute Gasteiger partial charge is 0.310 e. The van der Waals surface area contributed by atoms with E-state index in [9.17, 15) is 0 Å². The third kappa shape index (κ3) is 2.63. The van der Waals surface area contributed by atoms with E-state index in [1.165, 1.54) is 44.9 Å². The third-order valence-electron chi connectivity index (χ3n) is 5.42. The summed E-state index contributed by atoms with van der Waals surface area (Å²) in [4.78, 5) is 2.38. The molecule has 0 saturated heterocycles. The van der Waals surface area contributed by atoms with Crippen LogP contribution in [-0.4, -0.2) is 0 Å². The Morgan fingerprint density at radius 2 is 1.22 bits per heavy atom. The van der Waals surface area contributed by atoms with Gasteiger partial charge in [0.15, 0.2) is 0 Å². The van der Waals surface area contributed by atoms with Crippen LogP contribution < -0.4 is 4.90 Å². The molecule has 0 aromatic heterocycles. The van der Waals surface area contributed by atoms with Crippen LogP contribution in [0.25, 0.3) is 11.1 Å². The van der Waals surface area contributed by atoms with Gasteiger partial charge in [-0.3, -0.25) is 0 Å². The van der Waals surface area contributed by atoms with Gasteiger partial charge in [-0.15, -0.1) is 0 Å². The smallest absolute Gasteiger partial charge is 0.0503 e. The van der Waals surface area contributed by atoms with Gasteiger partial charge in [-0.1, -0.05) is 66.7 Å². The van der Waals surface area contributed by atoms with Crippen molar-refractivity contribution in [1.29, 1.82) is 0 Å². The Bertz CT molecular complexity index is 1060. The van der Waals surface area contributed by atoms with Crippen molar-refractivity contribution in [1.82, 2.24) is 0 Å². The highest BCUT2D eigenvalue weighted by Crippen LogP contribution is 2.46. The number of benzene rings is 4. The van der Waals surface area contributed by atoms with Crippen LogP contribution in [0.2, 0.25) is 0 Å². The lowest BCUT2D eigenvalue weighted by Gasteiger charge is -2.28. The summed E-state index contributed by atoms with van der Waals surface area (Å²) in [5.41, 5.74) is 10.6. The van der Waals surface area contributed by atoms with Crippen molar-refractivity contribution in [2.24, 2.45) is 0 Å². The predicted octanol–water partition coefficient (Wildman–Crippen LogP) is 7.04. The number of aryl methyl sites for hydroxylation is 1. The number of rotatable bonds is 3. The highest BCUT2D eigenvalue weighted by atomic mass is 15.1. The summed E-state index contributed by atoms with van der Waals surface area (Å²) in [6.45, 7) is 2.22. The minimum atomic E-state index is 0.985. The van der Waals surface area contributed by atoms with E-state index in [1.807, 2.05) is 0 Å². The molecule has 0 heterocycles. The number of fused-ring (bicyclic) bond motifs is 3. The Hall–Kier alpha value is -3.32. The van der Waals surface area contributed by atoms with Crippen molar-refractivity contribution >= 4 is 17.1 Å². The van der Waals surface area contributed by atoms with E-state index in [4.69, 9.17) is 0 Å². The van der Waals surface area contributed by atoms with Crippen LogP contribution in [0.1, 0.15) is 16.7 Å². The second kappa shape index (κ2) is 6.44. The van der Waals surface area contributed by atoms with Crippen molar-refractivity contribution in [2.45, 2.75) is 13.3 Å². The maximum Gasteiger partial charge on any atom is 0.0503 e. The molecule has 0 spiro atoms. The van der Waals surface area contributed by atoms with Crippen LogP contribution >= 0.6 is 0 Å². The fourth-order valence-electron chi connectivity index (χ4n) is 4.21. The number of hydrogen-bond donors (Lipinski definition) is 0. The van der Waals surface area contributed by atoms with Gasteiger partial charge in [-0.2, -0.15) is 0 Å². The van der Waals surface area contributed by atoms with Gasteiger partial charge in [0.05, 0.1) is 5.69 Å². The normalized spacial score (nSPS) is 11.7. The van der Waals surface area contributed by atoms with Crippen LogP contribution in [0, 0.1) is 6.92 Å². The van der Waals surface area contributed by atoms with E-state index in [1.54, 1.807) is 0 Å². The second-order valence-electron chi connectivity index (χ2n) is 7.10. The zero-order valence-electron chi connectivity index (χ0n) is 15.4. The Balaban J connectivity index is 1.75. The summed E-state index contributed by atoms with van der Waals surface area (Å²) in [7, 11) is 0. The summed E-state index contributed by atoms with van der Waals surface area (Å²) >= 11 is 0. The first-order valence-electron chi connectivity index (χ1n) is 9.44. The van der Waals surface area contributed by atoms with Crippen LogP contribution in [0.3, 0.4) is 0 Å². The maximum absolute atomic E-state index is 2.38. The van der Waals surface area contributed by atoms with Gasteiger partial charge in [0.25, 0.3) is 0 Å². The molecule has 5 rings (SSSR count). The first-order valence-corrected chi connectivity index (χ1v) is 9.44. The molecule has 0 fully saturated rings. The quantitative estimate of drug-likeness (QED) is 0.338. The average molecular weight is 347 g/mol. The van der Waals surface area contributed by atoms with Gasteiger partial charge in [-0.25, -0.2) is 0 Å². The van der Waals surface area contributed by atoms with Crippen LogP contribution in [0.5, 0.6) is 0 Å². The summed E-state index contributed by atoms with van der Waals surface area (Å²) in [5.74, 6) is 0. The fraction of sp³-hybridized carbons (Fsp3) is 0.0769. The average Bonchev–Trinajstić information content (AvgIpc) is 3.12. The zero-order valence-corrected chi connectivity index (χ0v) is 15.4. The fourth-order valence-corrected chi connectivity index (χ4v) is 4.21. The molecule has 4 aromatic carbocycles. The molecule has 0 N–H and O–H groups in total. The van der Waals surface area contributed by atoms with Crippen molar-refractivity contribution in [2.75, 3.05) is 4.90 Å².